The highest BCUT2D eigenvalue weighted by Gasteiger charge is 2.33. The minimum atomic E-state index is -4.57. The Kier molecular flexibility index (Phi) is 5.50. The van der Waals surface area contributed by atoms with E-state index in [1.54, 1.807) is 0 Å². The van der Waals surface area contributed by atoms with Crippen molar-refractivity contribution >= 4 is 5.69 Å². The summed E-state index contributed by atoms with van der Waals surface area (Å²) in [4.78, 5) is 10.2. The number of hydrogen-bond donors (Lipinski definition) is 1. The van der Waals surface area contributed by atoms with E-state index in [4.69, 9.17) is 0 Å². The summed E-state index contributed by atoms with van der Waals surface area (Å²) >= 11 is 0. The molecule has 112 valence electrons. The van der Waals surface area contributed by atoms with Crippen LogP contribution in [-0.2, 0) is 12.6 Å². The largest absolute Gasteiger partial charge is 0.416 e. The number of likely N-dealkylation sites (N-methyl/N-ethyl adjacent to an activating group) is 1. The zero-order valence-electron chi connectivity index (χ0n) is 11.3. The van der Waals surface area contributed by atoms with Crippen molar-refractivity contribution in [3.8, 4) is 0 Å². The minimum Gasteiger partial charge on any atom is -0.314 e. The second kappa shape index (κ2) is 6.69. The number of nitrogens with zero attached hydrogens (tertiary/aromatic N) is 1. The predicted molar refractivity (Wildman–Crippen MR) is 69.6 cm³/mol. The first-order valence-electron chi connectivity index (χ1n) is 6.37. The molecule has 7 heteroatoms. The molecule has 0 amide bonds. The molecule has 1 atom stereocenters. The molecule has 0 radical (unpaired) electrons. The van der Waals surface area contributed by atoms with Crippen LogP contribution in [0.1, 0.15) is 31.4 Å². The summed E-state index contributed by atoms with van der Waals surface area (Å²) < 4.78 is 37.7. The van der Waals surface area contributed by atoms with Gasteiger partial charge in [0.25, 0.3) is 5.69 Å². The third-order valence-electron chi connectivity index (χ3n) is 3.06. The Labute approximate surface area is 115 Å². The van der Waals surface area contributed by atoms with Crippen LogP contribution < -0.4 is 5.32 Å². The van der Waals surface area contributed by atoms with E-state index in [1.807, 2.05) is 13.8 Å². The molecular formula is C13H17F3N2O2. The van der Waals surface area contributed by atoms with Crippen LogP contribution >= 0.6 is 0 Å². The Hall–Kier alpha value is -1.63. The number of nitro benzene ring substituents is 1. The topological polar surface area (TPSA) is 55.2 Å². The number of alkyl halides is 3. The highest BCUT2D eigenvalue weighted by molar-refractivity contribution is 5.44. The van der Waals surface area contributed by atoms with E-state index in [2.05, 4.69) is 5.32 Å². The van der Waals surface area contributed by atoms with E-state index in [9.17, 15) is 23.3 Å². The summed E-state index contributed by atoms with van der Waals surface area (Å²) in [5.74, 6) is 0. The molecule has 0 saturated heterocycles. The summed E-state index contributed by atoms with van der Waals surface area (Å²) in [7, 11) is 0. The van der Waals surface area contributed by atoms with E-state index in [0.29, 0.717) is 24.6 Å². The van der Waals surface area contributed by atoms with Crippen molar-refractivity contribution in [2.75, 3.05) is 6.54 Å². The average molecular weight is 290 g/mol. The molecule has 0 heterocycles. The molecule has 0 spiro atoms. The molecule has 0 aliphatic rings. The second-order valence-corrected chi connectivity index (χ2v) is 4.47. The monoisotopic (exact) mass is 290 g/mol. The maximum Gasteiger partial charge on any atom is 0.416 e. The molecule has 1 rings (SSSR count). The zero-order chi connectivity index (χ0) is 15.3. The van der Waals surface area contributed by atoms with Gasteiger partial charge in [0.05, 0.1) is 10.5 Å². The first-order chi connectivity index (χ1) is 9.29. The van der Waals surface area contributed by atoms with Crippen molar-refractivity contribution in [2.24, 2.45) is 0 Å². The van der Waals surface area contributed by atoms with Gasteiger partial charge >= 0.3 is 6.18 Å². The summed E-state index contributed by atoms with van der Waals surface area (Å²) in [5.41, 5.74) is -1.16. The molecule has 0 fully saturated rings. The van der Waals surface area contributed by atoms with E-state index < -0.39 is 22.4 Å². The maximum atomic E-state index is 12.6. The number of nitro groups is 1. The number of halogens is 3. The van der Waals surface area contributed by atoms with Crippen molar-refractivity contribution in [1.82, 2.24) is 5.32 Å². The van der Waals surface area contributed by atoms with Gasteiger partial charge in [0.2, 0.25) is 0 Å². The molecular weight excluding hydrogens is 273 g/mol. The van der Waals surface area contributed by atoms with E-state index in [-0.39, 0.29) is 6.04 Å². The highest BCUT2D eigenvalue weighted by atomic mass is 19.4. The summed E-state index contributed by atoms with van der Waals surface area (Å²) in [5, 5.41) is 14.1. The van der Waals surface area contributed by atoms with Crippen molar-refractivity contribution in [3.63, 3.8) is 0 Å². The lowest BCUT2D eigenvalue weighted by Crippen LogP contribution is -2.30. The number of benzene rings is 1. The van der Waals surface area contributed by atoms with Crippen molar-refractivity contribution in [3.05, 3.63) is 39.4 Å². The molecule has 1 unspecified atom stereocenters. The molecule has 1 aromatic carbocycles. The van der Waals surface area contributed by atoms with Crippen LogP contribution in [0.25, 0.3) is 0 Å². The molecule has 1 aromatic rings. The molecule has 0 saturated carbocycles. The SMILES string of the molecule is CCNC(CC)Cc1ccc(C(F)(F)F)cc1[N+](=O)[O-]. The fourth-order valence-corrected chi connectivity index (χ4v) is 2.00. The Morgan fingerprint density at radius 3 is 2.45 bits per heavy atom. The Bertz CT molecular complexity index is 475. The Morgan fingerprint density at radius 1 is 1.35 bits per heavy atom. The quantitative estimate of drug-likeness (QED) is 0.644. The van der Waals surface area contributed by atoms with E-state index in [0.717, 1.165) is 12.5 Å². The Balaban J connectivity index is 3.10. The fraction of sp³-hybridized carbons (Fsp3) is 0.538. The van der Waals surface area contributed by atoms with Gasteiger partial charge in [-0.2, -0.15) is 13.2 Å². The lowest BCUT2D eigenvalue weighted by molar-refractivity contribution is -0.385. The summed E-state index contributed by atoms with van der Waals surface area (Å²) in [6.45, 7) is 4.53. The minimum absolute atomic E-state index is 0.00966. The van der Waals surface area contributed by atoms with Crippen LogP contribution in [0.5, 0.6) is 0 Å². The van der Waals surface area contributed by atoms with Gasteiger partial charge in [-0.05, 0) is 25.5 Å². The van der Waals surface area contributed by atoms with E-state index in [1.165, 1.54) is 6.07 Å². The summed E-state index contributed by atoms with van der Waals surface area (Å²) in [6, 6.07) is 2.70. The molecule has 0 aliphatic heterocycles. The van der Waals surface area contributed by atoms with E-state index >= 15 is 0 Å². The van der Waals surface area contributed by atoms with Gasteiger partial charge in [-0.3, -0.25) is 10.1 Å². The Morgan fingerprint density at radius 2 is 2.00 bits per heavy atom. The third-order valence-corrected chi connectivity index (χ3v) is 3.06. The van der Waals surface area contributed by atoms with Crippen LogP contribution in [0.4, 0.5) is 18.9 Å². The van der Waals surface area contributed by atoms with Crippen molar-refractivity contribution in [2.45, 2.75) is 38.9 Å². The standard InChI is InChI=1S/C13H17F3N2O2/c1-3-11(17-4-2)7-9-5-6-10(13(14,15)16)8-12(9)18(19)20/h5-6,8,11,17H,3-4,7H2,1-2H3. The predicted octanol–water partition coefficient (Wildman–Crippen LogP) is 3.54. The lowest BCUT2D eigenvalue weighted by Gasteiger charge is -2.16. The molecule has 0 aliphatic carbocycles. The average Bonchev–Trinajstić information content (AvgIpc) is 2.36. The number of rotatable bonds is 6. The smallest absolute Gasteiger partial charge is 0.314 e. The third kappa shape index (κ3) is 4.19. The molecule has 1 N–H and O–H groups in total. The first-order valence-corrected chi connectivity index (χ1v) is 6.37. The zero-order valence-corrected chi connectivity index (χ0v) is 11.3. The van der Waals surface area contributed by atoms with Crippen molar-refractivity contribution < 1.29 is 18.1 Å². The van der Waals surface area contributed by atoms with Gasteiger partial charge in [-0.1, -0.05) is 19.9 Å². The second-order valence-electron chi connectivity index (χ2n) is 4.47. The maximum absolute atomic E-state index is 12.6. The van der Waals surface area contributed by atoms with Gasteiger partial charge in [0.1, 0.15) is 0 Å². The van der Waals surface area contributed by atoms with Crippen LogP contribution in [0.2, 0.25) is 0 Å². The van der Waals surface area contributed by atoms with Gasteiger partial charge in [-0.25, -0.2) is 0 Å². The van der Waals surface area contributed by atoms with Crippen LogP contribution in [0, 0.1) is 10.1 Å². The lowest BCUT2D eigenvalue weighted by atomic mass is 10.0. The number of hydrogen-bond acceptors (Lipinski definition) is 3. The molecule has 0 aromatic heterocycles. The van der Waals surface area contributed by atoms with Crippen molar-refractivity contribution in [1.29, 1.82) is 0 Å². The van der Waals surface area contributed by atoms with Gasteiger partial charge < -0.3 is 5.32 Å². The first kappa shape index (κ1) is 16.4. The van der Waals surface area contributed by atoms with Crippen LogP contribution in [-0.4, -0.2) is 17.5 Å². The van der Waals surface area contributed by atoms with Crippen LogP contribution in [0.15, 0.2) is 18.2 Å². The van der Waals surface area contributed by atoms with Crippen LogP contribution in [0.3, 0.4) is 0 Å². The van der Waals surface area contributed by atoms with Gasteiger partial charge in [0, 0.05) is 17.7 Å². The molecule has 0 bridgehead atoms. The highest BCUT2D eigenvalue weighted by Crippen LogP contribution is 2.33. The fourth-order valence-electron chi connectivity index (χ4n) is 2.00. The summed E-state index contributed by atoms with van der Waals surface area (Å²) in [6.07, 6.45) is -3.50. The van der Waals surface area contributed by atoms with Gasteiger partial charge in [0.15, 0.2) is 0 Å². The molecule has 4 nitrogen and oxygen atoms in total. The molecule has 20 heavy (non-hydrogen) atoms. The normalized spacial score (nSPS) is 13.2. The van der Waals surface area contributed by atoms with Gasteiger partial charge in [-0.15, -0.1) is 0 Å². The number of nitrogens with one attached hydrogen (secondary N) is 1.